The second kappa shape index (κ2) is 13.5. The van der Waals surface area contributed by atoms with Gasteiger partial charge in [-0.15, -0.1) is 0 Å². The van der Waals surface area contributed by atoms with Crippen LogP contribution in [0.4, 0.5) is 0 Å². The van der Waals surface area contributed by atoms with Gasteiger partial charge >= 0.3 is 17.9 Å². The van der Waals surface area contributed by atoms with E-state index < -0.39 is 42.5 Å². The zero-order valence-electron chi connectivity index (χ0n) is 22.0. The van der Waals surface area contributed by atoms with Crippen molar-refractivity contribution < 1.29 is 38.1 Å². The average Bonchev–Trinajstić information content (AvgIpc) is 3.04. The Labute approximate surface area is 237 Å². The number of esters is 3. The van der Waals surface area contributed by atoms with Crippen LogP contribution in [0, 0.1) is 0 Å². The molecule has 0 amide bonds. The van der Waals surface area contributed by atoms with Gasteiger partial charge in [0.2, 0.25) is 0 Å². The molecule has 1 aliphatic rings. The van der Waals surface area contributed by atoms with Crippen molar-refractivity contribution in [1.82, 2.24) is 0 Å². The lowest BCUT2D eigenvalue weighted by atomic mass is 10.1. The van der Waals surface area contributed by atoms with Gasteiger partial charge in [0, 0.05) is 5.56 Å². The van der Waals surface area contributed by atoms with Gasteiger partial charge in [-0.25, -0.2) is 14.4 Å². The summed E-state index contributed by atoms with van der Waals surface area (Å²) in [5.74, 6) is -1.85. The van der Waals surface area contributed by atoms with Crippen molar-refractivity contribution in [2.75, 3.05) is 13.2 Å². The van der Waals surface area contributed by atoms with E-state index in [1.807, 2.05) is 30.3 Å². The van der Waals surface area contributed by atoms with Gasteiger partial charge in [0.05, 0.1) is 23.3 Å². The molecule has 41 heavy (non-hydrogen) atoms. The van der Waals surface area contributed by atoms with Crippen LogP contribution >= 0.6 is 0 Å². The first-order valence-corrected chi connectivity index (χ1v) is 13.1. The predicted molar refractivity (Wildman–Crippen MR) is 148 cm³/mol. The molecule has 8 heteroatoms. The van der Waals surface area contributed by atoms with Crippen molar-refractivity contribution in [1.29, 1.82) is 0 Å². The summed E-state index contributed by atoms with van der Waals surface area (Å²) in [4.78, 5) is 39.0. The summed E-state index contributed by atoms with van der Waals surface area (Å²) in [7, 11) is 0. The monoisotopic (exact) mass is 552 g/mol. The van der Waals surface area contributed by atoms with Crippen molar-refractivity contribution >= 4 is 17.9 Å². The molecule has 1 aliphatic heterocycles. The number of carbonyl (C=O) groups excluding carboxylic acids is 3. The molecule has 5 rings (SSSR count). The van der Waals surface area contributed by atoms with Crippen LogP contribution in [-0.4, -0.2) is 49.4 Å². The molecule has 0 unspecified atom stereocenters. The Bertz CT molecular complexity index is 1430. The molecule has 4 aromatic carbocycles. The molecule has 0 bridgehead atoms. The largest absolute Gasteiger partial charge is 0.458 e. The first kappa shape index (κ1) is 27.8. The fourth-order valence-electron chi connectivity index (χ4n) is 4.33. The van der Waals surface area contributed by atoms with E-state index in [-0.39, 0.29) is 13.2 Å². The number of hydrogen-bond donors (Lipinski definition) is 0. The maximum Gasteiger partial charge on any atom is 0.338 e. The van der Waals surface area contributed by atoms with E-state index in [1.54, 1.807) is 91.0 Å². The fourth-order valence-corrected chi connectivity index (χ4v) is 4.33. The summed E-state index contributed by atoms with van der Waals surface area (Å²) in [5, 5.41) is 0. The molecule has 208 valence electrons. The van der Waals surface area contributed by atoms with Crippen LogP contribution in [0.5, 0.6) is 0 Å². The van der Waals surface area contributed by atoms with Crippen molar-refractivity contribution in [2.24, 2.45) is 0 Å². The molecule has 0 spiro atoms. The Balaban J connectivity index is 1.43. The van der Waals surface area contributed by atoms with E-state index in [2.05, 4.69) is 0 Å². The minimum Gasteiger partial charge on any atom is -0.458 e. The van der Waals surface area contributed by atoms with Crippen LogP contribution in [0.15, 0.2) is 121 Å². The van der Waals surface area contributed by atoms with Gasteiger partial charge in [-0.3, -0.25) is 0 Å². The van der Waals surface area contributed by atoms with Crippen LogP contribution in [0.1, 0.15) is 42.9 Å². The van der Waals surface area contributed by atoms with Crippen LogP contribution in [0.3, 0.4) is 0 Å². The highest BCUT2D eigenvalue weighted by molar-refractivity contribution is 5.90. The summed E-state index contributed by atoms with van der Waals surface area (Å²) in [6.45, 7) is -0.396. The molecule has 8 nitrogen and oxygen atoms in total. The summed E-state index contributed by atoms with van der Waals surface area (Å²) in [5.41, 5.74) is 1.70. The van der Waals surface area contributed by atoms with Gasteiger partial charge in [-0.2, -0.15) is 0 Å². The Kier molecular flexibility index (Phi) is 9.15. The summed E-state index contributed by atoms with van der Waals surface area (Å²) < 4.78 is 29.5. The van der Waals surface area contributed by atoms with Gasteiger partial charge < -0.3 is 23.7 Å². The number of hydrogen-bond acceptors (Lipinski definition) is 8. The Morgan fingerprint density at radius 2 is 1.15 bits per heavy atom. The normalized spacial score (nSPS) is 19.0. The first-order valence-electron chi connectivity index (χ1n) is 13.1. The molecule has 0 saturated carbocycles. The number of rotatable bonds is 9. The molecule has 4 aromatic rings. The Hall–Kier alpha value is -4.79. The van der Waals surface area contributed by atoms with Crippen LogP contribution in [0.2, 0.25) is 0 Å². The van der Waals surface area contributed by atoms with Crippen molar-refractivity contribution in [3.05, 3.63) is 144 Å². The third-order valence-corrected chi connectivity index (χ3v) is 6.42. The lowest BCUT2D eigenvalue weighted by Crippen LogP contribution is -2.52. The smallest absolute Gasteiger partial charge is 0.338 e. The minimum absolute atomic E-state index is 0.0468. The second-order valence-electron chi connectivity index (χ2n) is 9.26. The summed E-state index contributed by atoms with van der Waals surface area (Å²) in [6, 6.07) is 34.6. The van der Waals surface area contributed by atoms with E-state index in [9.17, 15) is 14.4 Å². The standard InChI is InChI=1S/C33H28O8/c34-30(23-13-5-1-6-14-23)37-21-27(39-31(35)24-15-7-2-8-16-24)29-28(40-32(36)25-17-9-3-10-18-25)22-38-33(41-29)26-19-11-4-12-20-26/h1-20,27-29,33H,21-22H2/t27-,28-,29+,33+/m1/s1. The van der Waals surface area contributed by atoms with Crippen molar-refractivity contribution in [2.45, 2.75) is 24.6 Å². The highest BCUT2D eigenvalue weighted by Gasteiger charge is 2.43. The summed E-state index contributed by atoms with van der Waals surface area (Å²) in [6.07, 6.45) is -3.99. The average molecular weight is 553 g/mol. The highest BCUT2D eigenvalue weighted by atomic mass is 16.7. The van der Waals surface area contributed by atoms with Crippen molar-refractivity contribution in [3.63, 3.8) is 0 Å². The van der Waals surface area contributed by atoms with Gasteiger partial charge in [0.1, 0.15) is 12.7 Å². The third-order valence-electron chi connectivity index (χ3n) is 6.42. The lowest BCUT2D eigenvalue weighted by molar-refractivity contribution is -0.276. The zero-order chi connectivity index (χ0) is 28.4. The molecule has 0 aliphatic carbocycles. The Morgan fingerprint density at radius 1 is 0.659 bits per heavy atom. The van der Waals surface area contributed by atoms with E-state index in [0.717, 1.165) is 5.56 Å². The molecule has 0 aromatic heterocycles. The SMILES string of the molecule is O=C(OC[C@@H](OC(=O)c1ccccc1)[C@@H]1O[C@@H](c2ccccc2)OC[C@H]1OC(=O)c1ccccc1)c1ccccc1. The maximum absolute atomic E-state index is 13.2. The minimum atomic E-state index is -1.14. The predicted octanol–water partition coefficient (Wildman–Crippen LogP) is 5.41. The lowest BCUT2D eigenvalue weighted by Gasteiger charge is -2.39. The van der Waals surface area contributed by atoms with E-state index in [4.69, 9.17) is 23.7 Å². The Morgan fingerprint density at radius 3 is 1.71 bits per heavy atom. The van der Waals surface area contributed by atoms with Crippen molar-refractivity contribution in [3.8, 4) is 0 Å². The van der Waals surface area contributed by atoms with Gasteiger partial charge in [-0.05, 0) is 36.4 Å². The molecular weight excluding hydrogens is 524 g/mol. The topological polar surface area (TPSA) is 97.4 Å². The van der Waals surface area contributed by atoms with E-state index >= 15 is 0 Å². The molecule has 1 heterocycles. The van der Waals surface area contributed by atoms with Gasteiger partial charge in [0.15, 0.2) is 18.5 Å². The van der Waals surface area contributed by atoms with E-state index in [1.165, 1.54) is 0 Å². The van der Waals surface area contributed by atoms with Crippen LogP contribution in [-0.2, 0) is 23.7 Å². The van der Waals surface area contributed by atoms with Crippen LogP contribution < -0.4 is 0 Å². The van der Waals surface area contributed by atoms with Gasteiger partial charge in [0.25, 0.3) is 0 Å². The highest BCUT2D eigenvalue weighted by Crippen LogP contribution is 2.31. The molecule has 0 N–H and O–H groups in total. The van der Waals surface area contributed by atoms with Crippen LogP contribution in [0.25, 0.3) is 0 Å². The molecule has 4 atom stereocenters. The van der Waals surface area contributed by atoms with Gasteiger partial charge in [-0.1, -0.05) is 84.9 Å². The number of benzene rings is 4. The fraction of sp³-hybridized carbons (Fsp3) is 0.182. The molecule has 0 radical (unpaired) electrons. The zero-order valence-corrected chi connectivity index (χ0v) is 22.0. The molecule has 1 fully saturated rings. The summed E-state index contributed by atoms with van der Waals surface area (Å²) >= 11 is 0. The quantitative estimate of drug-likeness (QED) is 0.201. The maximum atomic E-state index is 13.2. The number of carbonyl (C=O) groups is 3. The number of ether oxygens (including phenoxy) is 5. The first-order chi connectivity index (χ1) is 20.1. The van der Waals surface area contributed by atoms with E-state index in [0.29, 0.717) is 16.7 Å². The third kappa shape index (κ3) is 7.25. The molecule has 1 saturated heterocycles. The second-order valence-corrected chi connectivity index (χ2v) is 9.26. The molecular formula is C33H28O8.